The van der Waals surface area contributed by atoms with Crippen molar-refractivity contribution < 1.29 is 18.3 Å². The van der Waals surface area contributed by atoms with Crippen LogP contribution in [-0.2, 0) is 11.2 Å². The van der Waals surface area contributed by atoms with Crippen molar-refractivity contribution >= 4 is 28.5 Å². The molecule has 0 bridgehead atoms. The fourth-order valence-corrected chi connectivity index (χ4v) is 2.77. The number of anilines is 1. The first-order valence-corrected chi connectivity index (χ1v) is 8.10. The van der Waals surface area contributed by atoms with Gasteiger partial charge in [0.05, 0.1) is 0 Å². The van der Waals surface area contributed by atoms with Gasteiger partial charge in [0.1, 0.15) is 10.8 Å². The number of hydrogen-bond acceptors (Lipinski definition) is 5. The van der Waals surface area contributed by atoms with Gasteiger partial charge < -0.3 is 4.74 Å². The highest BCUT2D eigenvalue weighted by Gasteiger charge is 2.08. The van der Waals surface area contributed by atoms with Crippen molar-refractivity contribution in [1.29, 1.82) is 0 Å². The van der Waals surface area contributed by atoms with Crippen LogP contribution >= 0.6 is 11.3 Å². The molecule has 0 aliphatic heterocycles. The molecule has 0 aliphatic carbocycles. The largest absolute Gasteiger partial charge is 0.435 e. The van der Waals surface area contributed by atoms with Crippen molar-refractivity contribution in [3.05, 3.63) is 40.9 Å². The Morgan fingerprint density at radius 2 is 2.00 bits per heavy atom. The molecule has 0 radical (unpaired) electrons. The predicted octanol–water partition coefficient (Wildman–Crippen LogP) is 3.99. The number of hydrogen-bond donors (Lipinski definition) is 1. The van der Waals surface area contributed by atoms with Crippen LogP contribution in [0.15, 0.2) is 30.3 Å². The van der Waals surface area contributed by atoms with Gasteiger partial charge in [-0.3, -0.25) is 10.1 Å². The van der Waals surface area contributed by atoms with E-state index in [2.05, 4.69) is 34.1 Å². The molecule has 0 aliphatic rings. The second-order valence-electron chi connectivity index (χ2n) is 5.37. The Morgan fingerprint density at radius 1 is 1.29 bits per heavy atom. The number of carbonyl (C=O) groups excluding carboxylic acids is 1. The number of nitrogens with zero attached hydrogens (tertiary/aromatic N) is 2. The molecule has 2 aromatic rings. The van der Waals surface area contributed by atoms with Gasteiger partial charge in [0.15, 0.2) is 0 Å². The molecule has 0 unspecified atom stereocenters. The average molecular weight is 353 g/mol. The minimum atomic E-state index is -2.86. The molecule has 1 aromatic carbocycles. The molecule has 2 rings (SSSR count). The van der Waals surface area contributed by atoms with E-state index in [1.54, 1.807) is 18.2 Å². The van der Waals surface area contributed by atoms with E-state index >= 15 is 0 Å². The van der Waals surface area contributed by atoms with E-state index in [0.717, 1.165) is 11.4 Å². The summed E-state index contributed by atoms with van der Waals surface area (Å²) in [6, 6.07) is 5.97. The van der Waals surface area contributed by atoms with Crippen molar-refractivity contribution in [1.82, 2.24) is 10.2 Å². The molecular formula is C16H17F2N3O2S. The van der Waals surface area contributed by atoms with E-state index in [0.29, 0.717) is 16.6 Å². The van der Waals surface area contributed by atoms with E-state index in [9.17, 15) is 13.6 Å². The highest BCUT2D eigenvalue weighted by Crippen LogP contribution is 2.18. The Morgan fingerprint density at radius 3 is 2.62 bits per heavy atom. The number of halogens is 2. The zero-order valence-electron chi connectivity index (χ0n) is 13.2. The van der Waals surface area contributed by atoms with Gasteiger partial charge in [0.25, 0.3) is 0 Å². The van der Waals surface area contributed by atoms with Crippen LogP contribution in [0.2, 0.25) is 0 Å². The molecule has 0 saturated carbocycles. The van der Waals surface area contributed by atoms with Crippen LogP contribution in [0.3, 0.4) is 0 Å². The summed E-state index contributed by atoms with van der Waals surface area (Å²) in [5, 5.41) is 11.9. The lowest BCUT2D eigenvalue weighted by atomic mass is 10.1. The van der Waals surface area contributed by atoms with Gasteiger partial charge in [-0.1, -0.05) is 37.3 Å². The van der Waals surface area contributed by atoms with Crippen molar-refractivity contribution in [3.63, 3.8) is 0 Å². The molecule has 24 heavy (non-hydrogen) atoms. The summed E-state index contributed by atoms with van der Waals surface area (Å²) >= 11 is 1.34. The minimum Gasteiger partial charge on any atom is -0.435 e. The van der Waals surface area contributed by atoms with E-state index in [1.165, 1.54) is 29.5 Å². The predicted molar refractivity (Wildman–Crippen MR) is 89.2 cm³/mol. The van der Waals surface area contributed by atoms with Crippen LogP contribution in [0.1, 0.15) is 24.4 Å². The molecule has 1 heterocycles. The van der Waals surface area contributed by atoms with Gasteiger partial charge in [0.2, 0.25) is 11.0 Å². The highest BCUT2D eigenvalue weighted by molar-refractivity contribution is 7.15. The van der Waals surface area contributed by atoms with Gasteiger partial charge in [-0.25, -0.2) is 0 Å². The SMILES string of the molecule is CC(C)Cc1nnc(NC(=O)/C=C/c2ccc(OC(F)F)cc2)s1. The lowest BCUT2D eigenvalue weighted by Crippen LogP contribution is -2.07. The van der Waals surface area contributed by atoms with E-state index in [4.69, 9.17) is 0 Å². The fourth-order valence-electron chi connectivity index (χ4n) is 1.82. The fraction of sp³-hybridized carbons (Fsp3) is 0.312. The molecule has 8 heteroatoms. The summed E-state index contributed by atoms with van der Waals surface area (Å²) in [6.07, 6.45) is 3.72. The summed E-state index contributed by atoms with van der Waals surface area (Å²) in [7, 11) is 0. The lowest BCUT2D eigenvalue weighted by Gasteiger charge is -2.03. The second kappa shape index (κ2) is 8.49. The quantitative estimate of drug-likeness (QED) is 0.765. The number of rotatable bonds is 7. The normalized spacial score (nSPS) is 11.4. The maximum atomic E-state index is 12.1. The zero-order chi connectivity index (χ0) is 17.5. The Bertz CT molecular complexity index is 700. The monoisotopic (exact) mass is 353 g/mol. The number of aromatic nitrogens is 2. The first-order valence-electron chi connectivity index (χ1n) is 7.28. The van der Waals surface area contributed by atoms with Gasteiger partial charge >= 0.3 is 6.61 Å². The number of nitrogens with one attached hydrogen (secondary N) is 1. The summed E-state index contributed by atoms with van der Waals surface area (Å²) in [6.45, 7) is 1.31. The third kappa shape index (κ3) is 6.04. The molecular weight excluding hydrogens is 336 g/mol. The highest BCUT2D eigenvalue weighted by atomic mass is 32.1. The third-order valence-corrected chi connectivity index (χ3v) is 3.67. The van der Waals surface area contributed by atoms with Gasteiger partial charge in [-0.2, -0.15) is 8.78 Å². The number of ether oxygens (including phenoxy) is 1. The molecule has 0 fully saturated rings. The molecule has 0 spiro atoms. The van der Waals surface area contributed by atoms with Crippen LogP contribution in [0.5, 0.6) is 5.75 Å². The smallest absolute Gasteiger partial charge is 0.387 e. The maximum absolute atomic E-state index is 12.1. The van der Waals surface area contributed by atoms with Gasteiger partial charge in [0, 0.05) is 12.5 Å². The minimum absolute atomic E-state index is 0.0677. The number of amides is 1. The third-order valence-electron chi connectivity index (χ3n) is 2.81. The topological polar surface area (TPSA) is 64.1 Å². The standard InChI is InChI=1S/C16H17F2N3O2S/c1-10(2)9-14-20-21-16(24-14)19-13(22)8-5-11-3-6-12(7-4-11)23-15(17)18/h3-8,10,15H,9H2,1-2H3,(H,19,21,22)/b8-5+. The zero-order valence-corrected chi connectivity index (χ0v) is 14.0. The second-order valence-corrected chi connectivity index (χ2v) is 6.43. The first-order chi connectivity index (χ1) is 11.4. The summed E-state index contributed by atoms with van der Waals surface area (Å²) in [5.74, 6) is 0.201. The van der Waals surface area contributed by atoms with E-state index < -0.39 is 6.61 Å². The van der Waals surface area contributed by atoms with Gasteiger partial charge in [-0.05, 0) is 29.7 Å². The summed E-state index contributed by atoms with van der Waals surface area (Å²) < 4.78 is 28.4. The van der Waals surface area contributed by atoms with Crippen LogP contribution in [0.4, 0.5) is 13.9 Å². The maximum Gasteiger partial charge on any atom is 0.387 e. The van der Waals surface area contributed by atoms with Crippen LogP contribution in [0.25, 0.3) is 6.08 Å². The summed E-state index contributed by atoms with van der Waals surface area (Å²) in [4.78, 5) is 11.8. The lowest BCUT2D eigenvalue weighted by molar-refractivity contribution is -0.111. The Labute approximate surface area is 142 Å². The Kier molecular flexibility index (Phi) is 6.36. The van der Waals surface area contributed by atoms with Crippen LogP contribution < -0.4 is 10.1 Å². The average Bonchev–Trinajstić information content (AvgIpc) is 2.92. The molecule has 1 N–H and O–H groups in total. The van der Waals surface area contributed by atoms with E-state index in [-0.39, 0.29) is 11.7 Å². The Balaban J connectivity index is 1.89. The van der Waals surface area contributed by atoms with Gasteiger partial charge in [-0.15, -0.1) is 10.2 Å². The molecule has 1 aromatic heterocycles. The van der Waals surface area contributed by atoms with E-state index in [1.807, 2.05) is 0 Å². The molecule has 0 atom stereocenters. The molecule has 5 nitrogen and oxygen atoms in total. The molecule has 0 saturated heterocycles. The Hall–Kier alpha value is -2.35. The number of carbonyl (C=O) groups is 1. The molecule has 128 valence electrons. The van der Waals surface area contributed by atoms with Crippen LogP contribution in [0, 0.1) is 5.92 Å². The van der Waals surface area contributed by atoms with Crippen molar-refractivity contribution in [2.45, 2.75) is 26.9 Å². The van der Waals surface area contributed by atoms with Crippen molar-refractivity contribution in [2.24, 2.45) is 5.92 Å². The van der Waals surface area contributed by atoms with Crippen LogP contribution in [-0.4, -0.2) is 22.7 Å². The first kappa shape index (κ1) is 18.0. The summed E-state index contributed by atoms with van der Waals surface area (Å²) in [5.41, 5.74) is 0.685. The van der Waals surface area contributed by atoms with Crippen molar-refractivity contribution in [2.75, 3.05) is 5.32 Å². The van der Waals surface area contributed by atoms with Crippen molar-refractivity contribution in [3.8, 4) is 5.75 Å². The number of benzene rings is 1. The molecule has 1 amide bonds. The number of alkyl halides is 2.